The van der Waals surface area contributed by atoms with Crippen LogP contribution in [0.25, 0.3) is 20.7 Å². The Hall–Kier alpha value is -3.78. The number of nitrogens with one attached hydrogen (secondary N) is 2. The number of urea groups is 1. The molecular weight excluding hydrogens is 412 g/mol. The number of thiophene rings is 1. The number of carbonyl (C=O) groups is 2. The lowest BCUT2D eigenvalue weighted by molar-refractivity contribution is -0.120. The van der Waals surface area contributed by atoms with Crippen LogP contribution in [0.1, 0.15) is 12.0 Å². The molecule has 0 unspecified atom stereocenters. The van der Waals surface area contributed by atoms with E-state index in [1.165, 1.54) is 22.2 Å². The lowest BCUT2D eigenvalue weighted by Gasteiger charge is -2.08. The van der Waals surface area contributed by atoms with Crippen molar-refractivity contribution in [2.45, 2.75) is 19.5 Å². The van der Waals surface area contributed by atoms with E-state index in [0.717, 1.165) is 16.0 Å². The number of hydrogen-bond donors (Lipinski definition) is 2. The lowest BCUT2D eigenvalue weighted by Crippen LogP contribution is -2.39. The zero-order valence-electron chi connectivity index (χ0n) is 16.6. The number of aryl methyl sites for hydroxylation is 1. The summed E-state index contributed by atoms with van der Waals surface area (Å²) in [5.41, 5.74) is 1.75. The van der Waals surface area contributed by atoms with Crippen LogP contribution in [-0.2, 0) is 17.9 Å². The van der Waals surface area contributed by atoms with Crippen molar-refractivity contribution in [2.24, 2.45) is 0 Å². The summed E-state index contributed by atoms with van der Waals surface area (Å²) in [4.78, 5) is 42.8. The van der Waals surface area contributed by atoms with Gasteiger partial charge in [-0.25, -0.2) is 9.78 Å². The normalized spacial score (nSPS) is 10.7. The molecule has 3 amide bonds. The molecule has 4 rings (SSSR count). The molecular formula is C23H20N4O3S. The molecule has 0 aliphatic rings. The summed E-state index contributed by atoms with van der Waals surface area (Å²) in [6, 6.07) is 20.5. The van der Waals surface area contributed by atoms with Gasteiger partial charge in [0.25, 0.3) is 5.56 Å². The van der Waals surface area contributed by atoms with Gasteiger partial charge in [-0.05, 0) is 17.2 Å². The summed E-state index contributed by atoms with van der Waals surface area (Å²) in [5, 5.41) is 5.43. The number of benzene rings is 2. The minimum atomic E-state index is -0.569. The molecule has 2 heterocycles. The van der Waals surface area contributed by atoms with Gasteiger partial charge in [0.05, 0.1) is 11.7 Å². The Morgan fingerprint density at radius 3 is 2.45 bits per heavy atom. The van der Waals surface area contributed by atoms with E-state index in [0.29, 0.717) is 16.8 Å². The Morgan fingerprint density at radius 2 is 1.71 bits per heavy atom. The highest BCUT2D eigenvalue weighted by molar-refractivity contribution is 7.21. The molecule has 2 aromatic heterocycles. The number of rotatable bonds is 6. The molecule has 2 aromatic carbocycles. The van der Waals surface area contributed by atoms with E-state index in [1.807, 2.05) is 66.7 Å². The van der Waals surface area contributed by atoms with Gasteiger partial charge in [0, 0.05) is 24.4 Å². The molecule has 4 aromatic rings. The molecule has 31 heavy (non-hydrogen) atoms. The van der Waals surface area contributed by atoms with Gasteiger partial charge >= 0.3 is 6.03 Å². The van der Waals surface area contributed by atoms with Crippen LogP contribution < -0.4 is 16.2 Å². The first-order chi connectivity index (χ1) is 15.1. The Morgan fingerprint density at radius 1 is 1.00 bits per heavy atom. The highest BCUT2D eigenvalue weighted by atomic mass is 32.1. The third-order valence-electron chi connectivity index (χ3n) is 4.71. The molecule has 0 atom stereocenters. The topological polar surface area (TPSA) is 93.1 Å². The summed E-state index contributed by atoms with van der Waals surface area (Å²) >= 11 is 1.45. The first-order valence-corrected chi connectivity index (χ1v) is 10.6. The van der Waals surface area contributed by atoms with Crippen molar-refractivity contribution in [3.05, 3.63) is 89.0 Å². The fourth-order valence-corrected chi connectivity index (χ4v) is 4.09. The monoisotopic (exact) mass is 432 g/mol. The summed E-state index contributed by atoms with van der Waals surface area (Å²) in [7, 11) is 0. The Balaban J connectivity index is 1.36. The van der Waals surface area contributed by atoms with Crippen LogP contribution in [0.5, 0.6) is 0 Å². The number of imide groups is 1. The maximum absolute atomic E-state index is 12.8. The SMILES string of the molecule is O=C(CCn1cnc2sc(-c3ccccc3)cc2c1=O)NC(=O)NCc1ccccc1. The van der Waals surface area contributed by atoms with Crippen molar-refractivity contribution in [1.29, 1.82) is 0 Å². The van der Waals surface area contributed by atoms with Crippen LogP contribution in [-0.4, -0.2) is 21.5 Å². The molecule has 0 saturated heterocycles. The van der Waals surface area contributed by atoms with Crippen molar-refractivity contribution in [3.63, 3.8) is 0 Å². The van der Waals surface area contributed by atoms with Gasteiger partial charge in [0.2, 0.25) is 5.91 Å². The standard InChI is InChI=1S/C23H20N4O3S/c28-20(26-23(30)24-14-16-7-3-1-4-8-16)11-12-27-15-25-21-18(22(27)29)13-19(31-21)17-9-5-2-6-10-17/h1-10,13,15H,11-12,14H2,(H2,24,26,28,30). The lowest BCUT2D eigenvalue weighted by atomic mass is 10.2. The molecule has 0 bridgehead atoms. The number of fused-ring (bicyclic) bond motifs is 1. The first kappa shape index (κ1) is 20.5. The van der Waals surface area contributed by atoms with Crippen LogP contribution in [0.3, 0.4) is 0 Å². The van der Waals surface area contributed by atoms with Gasteiger partial charge in [-0.3, -0.25) is 19.5 Å². The minimum Gasteiger partial charge on any atom is -0.334 e. The summed E-state index contributed by atoms with van der Waals surface area (Å²) in [6.07, 6.45) is 1.43. The zero-order valence-corrected chi connectivity index (χ0v) is 17.4. The average Bonchev–Trinajstić information content (AvgIpc) is 3.24. The van der Waals surface area contributed by atoms with Crippen molar-refractivity contribution in [1.82, 2.24) is 20.2 Å². The highest BCUT2D eigenvalue weighted by Crippen LogP contribution is 2.30. The highest BCUT2D eigenvalue weighted by Gasteiger charge is 2.12. The minimum absolute atomic E-state index is 0.0124. The molecule has 0 fully saturated rings. The summed E-state index contributed by atoms with van der Waals surface area (Å²) < 4.78 is 1.39. The number of hydrogen-bond acceptors (Lipinski definition) is 5. The third-order valence-corrected chi connectivity index (χ3v) is 5.80. The Bertz CT molecular complexity index is 1270. The molecule has 8 heteroatoms. The Labute approximate surface area is 182 Å². The molecule has 0 spiro atoms. The molecule has 0 radical (unpaired) electrons. The van der Waals surface area contributed by atoms with Gasteiger partial charge in [-0.1, -0.05) is 60.7 Å². The van der Waals surface area contributed by atoms with Gasteiger partial charge in [-0.2, -0.15) is 0 Å². The average molecular weight is 433 g/mol. The predicted molar refractivity (Wildman–Crippen MR) is 121 cm³/mol. The molecule has 156 valence electrons. The number of amides is 3. The van der Waals surface area contributed by atoms with Crippen LogP contribution in [0.15, 0.2) is 77.9 Å². The van der Waals surface area contributed by atoms with Crippen molar-refractivity contribution >= 4 is 33.5 Å². The van der Waals surface area contributed by atoms with E-state index >= 15 is 0 Å². The van der Waals surface area contributed by atoms with Gasteiger partial charge in [0.15, 0.2) is 0 Å². The summed E-state index contributed by atoms with van der Waals surface area (Å²) in [6.45, 7) is 0.456. The number of aromatic nitrogens is 2. The van der Waals surface area contributed by atoms with E-state index in [-0.39, 0.29) is 18.5 Å². The van der Waals surface area contributed by atoms with Crippen molar-refractivity contribution in [3.8, 4) is 10.4 Å². The van der Waals surface area contributed by atoms with Gasteiger partial charge in [-0.15, -0.1) is 11.3 Å². The fraction of sp³-hybridized carbons (Fsp3) is 0.130. The second kappa shape index (κ2) is 9.36. The fourth-order valence-electron chi connectivity index (χ4n) is 3.10. The van der Waals surface area contributed by atoms with Gasteiger partial charge < -0.3 is 5.32 Å². The smallest absolute Gasteiger partial charge is 0.321 e. The maximum Gasteiger partial charge on any atom is 0.321 e. The zero-order chi connectivity index (χ0) is 21.6. The molecule has 7 nitrogen and oxygen atoms in total. The van der Waals surface area contributed by atoms with Crippen molar-refractivity contribution < 1.29 is 9.59 Å². The quantitative estimate of drug-likeness (QED) is 0.487. The van der Waals surface area contributed by atoms with Crippen molar-refractivity contribution in [2.75, 3.05) is 0 Å². The van der Waals surface area contributed by atoms with E-state index in [9.17, 15) is 14.4 Å². The van der Waals surface area contributed by atoms with Crippen LogP contribution in [0, 0.1) is 0 Å². The Kier molecular flexibility index (Phi) is 6.18. The molecule has 2 N–H and O–H groups in total. The van der Waals surface area contributed by atoms with E-state index in [4.69, 9.17) is 0 Å². The molecule has 0 aliphatic carbocycles. The van der Waals surface area contributed by atoms with Crippen LogP contribution in [0.4, 0.5) is 4.79 Å². The third kappa shape index (κ3) is 5.04. The molecule has 0 saturated carbocycles. The van der Waals surface area contributed by atoms with Crippen LogP contribution >= 0.6 is 11.3 Å². The predicted octanol–water partition coefficient (Wildman–Crippen LogP) is 3.54. The second-order valence-corrected chi connectivity index (χ2v) is 7.94. The first-order valence-electron chi connectivity index (χ1n) is 9.76. The molecule has 0 aliphatic heterocycles. The largest absolute Gasteiger partial charge is 0.334 e. The number of carbonyl (C=O) groups excluding carboxylic acids is 2. The van der Waals surface area contributed by atoms with E-state index in [1.54, 1.807) is 0 Å². The number of nitrogens with zero attached hydrogens (tertiary/aromatic N) is 2. The van der Waals surface area contributed by atoms with E-state index in [2.05, 4.69) is 15.6 Å². The second-order valence-electron chi connectivity index (χ2n) is 6.91. The van der Waals surface area contributed by atoms with E-state index < -0.39 is 11.9 Å². The summed E-state index contributed by atoms with van der Waals surface area (Å²) in [5.74, 6) is -0.465. The van der Waals surface area contributed by atoms with Crippen LogP contribution in [0.2, 0.25) is 0 Å². The van der Waals surface area contributed by atoms with Gasteiger partial charge in [0.1, 0.15) is 4.83 Å². The maximum atomic E-state index is 12.8.